The van der Waals surface area contributed by atoms with Gasteiger partial charge < -0.3 is 0 Å². The van der Waals surface area contributed by atoms with Crippen molar-refractivity contribution in [2.75, 3.05) is 0 Å². The van der Waals surface area contributed by atoms with Gasteiger partial charge in [0.25, 0.3) is 10.0 Å². The summed E-state index contributed by atoms with van der Waals surface area (Å²) in [7, 11) is -3.69. The Morgan fingerprint density at radius 2 is 1.70 bits per heavy atom. The van der Waals surface area contributed by atoms with Crippen LogP contribution in [0.4, 0.5) is 0 Å². The zero-order chi connectivity index (χ0) is 14.3. The molecule has 102 valence electrons. The maximum Gasteiger partial charge on any atom is 0.283 e. The first-order chi connectivity index (χ1) is 9.48. The van der Waals surface area contributed by atoms with E-state index in [9.17, 15) is 8.42 Å². The monoisotopic (exact) mass is 287 g/mol. The van der Waals surface area contributed by atoms with Gasteiger partial charge in [-0.15, -0.1) is 0 Å². The molecule has 3 rings (SSSR count). The molecular formula is C14H13N3O2S. The van der Waals surface area contributed by atoms with Gasteiger partial charge in [-0.05, 0) is 38.1 Å². The van der Waals surface area contributed by atoms with Gasteiger partial charge in [-0.1, -0.05) is 17.7 Å². The van der Waals surface area contributed by atoms with Gasteiger partial charge in [-0.3, -0.25) is 0 Å². The van der Waals surface area contributed by atoms with Crippen LogP contribution in [0.1, 0.15) is 11.3 Å². The van der Waals surface area contributed by atoms with E-state index in [-0.39, 0.29) is 4.90 Å². The number of aryl methyl sites for hydroxylation is 2. The van der Waals surface area contributed by atoms with E-state index in [1.54, 1.807) is 36.4 Å². The lowest BCUT2D eigenvalue weighted by Crippen LogP contribution is -2.14. The fraction of sp³-hybridized carbons (Fsp3) is 0.143. The van der Waals surface area contributed by atoms with Crippen LogP contribution in [-0.4, -0.2) is 22.6 Å². The van der Waals surface area contributed by atoms with Crippen molar-refractivity contribution in [2.24, 2.45) is 0 Å². The Morgan fingerprint density at radius 3 is 2.40 bits per heavy atom. The van der Waals surface area contributed by atoms with Gasteiger partial charge in [-0.2, -0.15) is 17.6 Å². The van der Waals surface area contributed by atoms with Gasteiger partial charge in [-0.25, -0.2) is 4.98 Å². The minimum Gasteiger partial charge on any atom is -0.250 e. The van der Waals surface area contributed by atoms with Crippen LogP contribution < -0.4 is 0 Å². The minimum atomic E-state index is -3.69. The average molecular weight is 287 g/mol. The number of pyridine rings is 1. The molecule has 1 aromatic carbocycles. The zero-order valence-corrected chi connectivity index (χ0v) is 11.9. The summed E-state index contributed by atoms with van der Waals surface area (Å²) in [6, 6.07) is 10.2. The highest BCUT2D eigenvalue weighted by Gasteiger charge is 2.20. The molecular weight excluding hydrogens is 274 g/mol. The summed E-state index contributed by atoms with van der Waals surface area (Å²) in [4.78, 5) is 4.49. The lowest BCUT2D eigenvalue weighted by molar-refractivity contribution is 0.582. The number of benzene rings is 1. The Kier molecular flexibility index (Phi) is 2.83. The summed E-state index contributed by atoms with van der Waals surface area (Å²) >= 11 is 0. The molecule has 3 aromatic rings. The molecule has 0 aliphatic rings. The molecule has 0 unspecified atom stereocenters. The molecule has 2 heterocycles. The molecule has 6 heteroatoms. The van der Waals surface area contributed by atoms with Crippen molar-refractivity contribution in [3.05, 3.63) is 53.9 Å². The molecule has 0 atom stereocenters. The highest BCUT2D eigenvalue weighted by molar-refractivity contribution is 7.90. The second-order valence-corrected chi connectivity index (χ2v) is 6.43. The number of nitrogens with zero attached hydrogens (tertiary/aromatic N) is 3. The summed E-state index contributed by atoms with van der Waals surface area (Å²) in [6.07, 6.45) is 1.47. The summed E-state index contributed by atoms with van der Waals surface area (Å²) in [5.41, 5.74) is 2.88. The smallest absolute Gasteiger partial charge is 0.250 e. The lowest BCUT2D eigenvalue weighted by Gasteiger charge is -2.06. The highest BCUT2D eigenvalue weighted by Crippen LogP contribution is 2.19. The predicted molar refractivity (Wildman–Crippen MR) is 76.0 cm³/mol. The molecule has 0 amide bonds. The number of hydrogen-bond acceptors (Lipinski definition) is 4. The number of aromatic nitrogens is 3. The van der Waals surface area contributed by atoms with Gasteiger partial charge >= 0.3 is 0 Å². The molecule has 5 nitrogen and oxygen atoms in total. The van der Waals surface area contributed by atoms with Gasteiger partial charge in [0.05, 0.1) is 11.1 Å². The van der Waals surface area contributed by atoms with Crippen LogP contribution in [-0.2, 0) is 10.0 Å². The van der Waals surface area contributed by atoms with Gasteiger partial charge in [0.1, 0.15) is 11.0 Å². The first-order valence-electron chi connectivity index (χ1n) is 6.12. The first-order valence-corrected chi connectivity index (χ1v) is 7.56. The highest BCUT2D eigenvalue weighted by atomic mass is 32.2. The molecule has 0 bridgehead atoms. The summed E-state index contributed by atoms with van der Waals surface area (Å²) in [5, 5.41) is 3.97. The second kappa shape index (κ2) is 4.42. The van der Waals surface area contributed by atoms with Crippen LogP contribution in [0.3, 0.4) is 0 Å². The van der Waals surface area contributed by atoms with E-state index >= 15 is 0 Å². The third-order valence-corrected chi connectivity index (χ3v) is 4.69. The molecule has 0 saturated heterocycles. The Morgan fingerprint density at radius 1 is 1.00 bits per heavy atom. The van der Waals surface area contributed by atoms with Gasteiger partial charge in [0.2, 0.25) is 0 Å². The number of rotatable bonds is 2. The van der Waals surface area contributed by atoms with Crippen LogP contribution in [0.25, 0.3) is 11.0 Å². The van der Waals surface area contributed by atoms with Crippen LogP contribution in [0.2, 0.25) is 0 Å². The topological polar surface area (TPSA) is 64.8 Å². The van der Waals surface area contributed by atoms with E-state index in [2.05, 4.69) is 10.1 Å². The summed E-state index contributed by atoms with van der Waals surface area (Å²) in [6.45, 7) is 3.76. The van der Waals surface area contributed by atoms with E-state index in [1.165, 1.54) is 6.20 Å². The normalized spacial score (nSPS) is 11.9. The van der Waals surface area contributed by atoms with Crippen LogP contribution in [0, 0.1) is 13.8 Å². The van der Waals surface area contributed by atoms with Crippen molar-refractivity contribution < 1.29 is 8.42 Å². The molecule has 0 aliphatic carbocycles. The Bertz CT molecular complexity index is 880. The molecule has 0 radical (unpaired) electrons. The minimum absolute atomic E-state index is 0.216. The third-order valence-electron chi connectivity index (χ3n) is 3.08. The quantitative estimate of drug-likeness (QED) is 0.725. The van der Waals surface area contributed by atoms with Crippen molar-refractivity contribution in [1.29, 1.82) is 0 Å². The fourth-order valence-corrected chi connectivity index (χ4v) is 3.26. The molecule has 0 saturated carbocycles. The lowest BCUT2D eigenvalue weighted by atomic mass is 10.2. The summed E-state index contributed by atoms with van der Waals surface area (Å²) < 4.78 is 26.2. The maximum atomic E-state index is 12.6. The first kappa shape index (κ1) is 12.8. The SMILES string of the molecule is Cc1ccc(S(=O)(=O)n2ncc3nc(C)ccc32)cc1. The van der Waals surface area contributed by atoms with Crippen molar-refractivity contribution in [1.82, 2.24) is 14.2 Å². The third kappa shape index (κ3) is 1.98. The van der Waals surface area contributed by atoms with Crippen molar-refractivity contribution in [2.45, 2.75) is 18.7 Å². The Balaban J connectivity index is 2.21. The zero-order valence-electron chi connectivity index (χ0n) is 11.1. The van der Waals surface area contributed by atoms with E-state index in [0.717, 1.165) is 15.3 Å². The molecule has 2 aromatic heterocycles. The standard InChI is InChI=1S/C14H13N3O2S/c1-10-3-6-12(7-4-10)20(18,19)17-14-8-5-11(2)16-13(14)9-15-17/h3-9H,1-2H3. The van der Waals surface area contributed by atoms with Crippen molar-refractivity contribution in [3.63, 3.8) is 0 Å². The molecule has 0 aliphatic heterocycles. The van der Waals surface area contributed by atoms with E-state index in [4.69, 9.17) is 0 Å². The average Bonchev–Trinajstić information content (AvgIpc) is 2.82. The molecule has 20 heavy (non-hydrogen) atoms. The predicted octanol–water partition coefficient (Wildman–Crippen LogP) is 2.29. The number of hydrogen-bond donors (Lipinski definition) is 0. The van der Waals surface area contributed by atoms with Crippen LogP contribution >= 0.6 is 0 Å². The number of fused-ring (bicyclic) bond motifs is 1. The Hall–Kier alpha value is -2.21. The van der Waals surface area contributed by atoms with Crippen LogP contribution in [0.5, 0.6) is 0 Å². The molecule has 0 spiro atoms. The van der Waals surface area contributed by atoms with Gasteiger partial charge in [0.15, 0.2) is 0 Å². The van der Waals surface area contributed by atoms with E-state index in [1.807, 2.05) is 13.8 Å². The maximum absolute atomic E-state index is 12.6. The van der Waals surface area contributed by atoms with Crippen molar-refractivity contribution >= 4 is 21.1 Å². The fourth-order valence-electron chi connectivity index (χ4n) is 2.00. The molecule has 0 N–H and O–H groups in total. The van der Waals surface area contributed by atoms with E-state index < -0.39 is 10.0 Å². The second-order valence-electron chi connectivity index (χ2n) is 4.66. The van der Waals surface area contributed by atoms with Gasteiger partial charge in [0, 0.05) is 5.69 Å². The largest absolute Gasteiger partial charge is 0.283 e. The Labute approximate surface area is 116 Å². The van der Waals surface area contributed by atoms with Crippen molar-refractivity contribution in [3.8, 4) is 0 Å². The molecule has 0 fully saturated rings. The summed E-state index contributed by atoms with van der Waals surface area (Å²) in [5.74, 6) is 0. The van der Waals surface area contributed by atoms with E-state index in [0.29, 0.717) is 11.0 Å². The van der Waals surface area contributed by atoms with Crippen LogP contribution in [0.15, 0.2) is 47.5 Å².